The van der Waals surface area contributed by atoms with Crippen LogP contribution in [0, 0.1) is 0 Å². The molecule has 1 fully saturated rings. The first-order valence-corrected chi connectivity index (χ1v) is 9.00. The van der Waals surface area contributed by atoms with Crippen molar-refractivity contribution in [3.05, 3.63) is 35.9 Å². The number of rotatable bonds is 6. The Morgan fingerprint density at radius 1 is 1.35 bits per heavy atom. The molecular weight excluding hydrogens is 334 g/mol. The smallest absolute Gasteiger partial charge is 0.317 e. The fourth-order valence-electron chi connectivity index (χ4n) is 3.33. The molecule has 1 saturated heterocycles. The van der Waals surface area contributed by atoms with Gasteiger partial charge in [-0.25, -0.2) is 4.79 Å². The normalized spacial score (nSPS) is 25.6. The minimum atomic E-state index is -1.15. The molecule has 7 heteroatoms. The van der Waals surface area contributed by atoms with Crippen LogP contribution in [0.1, 0.15) is 38.3 Å². The predicted octanol–water partition coefficient (Wildman–Crippen LogP) is 1.44. The lowest BCUT2D eigenvalue weighted by molar-refractivity contribution is -0.131. The predicted molar refractivity (Wildman–Crippen MR) is 98.6 cm³/mol. The maximum absolute atomic E-state index is 12.7. The highest BCUT2D eigenvalue weighted by atomic mass is 16.5. The number of hydrogen-bond acceptors (Lipinski definition) is 4. The van der Waals surface area contributed by atoms with Gasteiger partial charge in [0.1, 0.15) is 6.61 Å². The van der Waals surface area contributed by atoms with Crippen molar-refractivity contribution in [1.82, 2.24) is 15.5 Å². The summed E-state index contributed by atoms with van der Waals surface area (Å²) >= 11 is 0. The Kier molecular flexibility index (Phi) is 6.99. The lowest BCUT2D eigenvalue weighted by Gasteiger charge is -2.49. The number of carbonyl (C=O) groups is 2. The molecule has 7 nitrogen and oxygen atoms in total. The minimum absolute atomic E-state index is 0.101. The lowest BCUT2D eigenvalue weighted by atomic mass is 9.79. The van der Waals surface area contributed by atoms with Gasteiger partial charge in [0.2, 0.25) is 5.91 Å². The maximum atomic E-state index is 12.7. The van der Waals surface area contributed by atoms with Gasteiger partial charge < -0.3 is 25.4 Å². The van der Waals surface area contributed by atoms with Crippen LogP contribution in [-0.2, 0) is 9.53 Å². The number of carbonyl (C=O) groups excluding carboxylic acids is 2. The molecule has 0 radical (unpaired) electrons. The molecule has 0 spiro atoms. The van der Waals surface area contributed by atoms with Gasteiger partial charge in [-0.1, -0.05) is 37.3 Å². The van der Waals surface area contributed by atoms with Crippen molar-refractivity contribution < 1.29 is 19.4 Å². The second-order valence-electron chi connectivity index (χ2n) is 6.87. The van der Waals surface area contributed by atoms with Gasteiger partial charge >= 0.3 is 6.03 Å². The molecule has 3 unspecified atom stereocenters. The summed E-state index contributed by atoms with van der Waals surface area (Å²) in [5.41, 5.74) is -0.285. The van der Waals surface area contributed by atoms with E-state index in [0.717, 1.165) is 12.0 Å². The lowest BCUT2D eigenvalue weighted by Crippen LogP contribution is -2.64. The molecule has 0 saturated carbocycles. The summed E-state index contributed by atoms with van der Waals surface area (Å²) in [6.07, 6.45) is 1.20. The van der Waals surface area contributed by atoms with Crippen LogP contribution in [0.3, 0.4) is 0 Å². The first-order valence-electron chi connectivity index (χ1n) is 9.00. The van der Waals surface area contributed by atoms with Crippen LogP contribution < -0.4 is 10.6 Å². The van der Waals surface area contributed by atoms with Crippen LogP contribution in [-0.4, -0.2) is 60.4 Å². The molecule has 1 aliphatic rings. The van der Waals surface area contributed by atoms with Crippen molar-refractivity contribution in [1.29, 1.82) is 0 Å². The Morgan fingerprint density at radius 3 is 2.65 bits per heavy atom. The van der Waals surface area contributed by atoms with Crippen LogP contribution in [0.2, 0.25) is 0 Å². The average Bonchev–Trinajstić information content (AvgIpc) is 2.62. The molecule has 144 valence electrons. The maximum Gasteiger partial charge on any atom is 0.317 e. The van der Waals surface area contributed by atoms with Crippen molar-refractivity contribution in [2.45, 2.75) is 44.4 Å². The van der Waals surface area contributed by atoms with E-state index in [9.17, 15) is 14.7 Å². The van der Waals surface area contributed by atoms with Crippen LogP contribution in [0.25, 0.3) is 0 Å². The van der Waals surface area contributed by atoms with Crippen molar-refractivity contribution in [3.63, 3.8) is 0 Å². The number of nitrogens with zero attached hydrogens (tertiary/aromatic N) is 1. The van der Waals surface area contributed by atoms with E-state index >= 15 is 0 Å². The van der Waals surface area contributed by atoms with E-state index < -0.39 is 17.7 Å². The standard InChI is InChI=1S/C19H29N3O4/c1-4-11-20-18(24)22-12-10-19(2,25)17(21-15(23)13-26-3)16(22)14-8-6-5-7-9-14/h5-9,16-17,25H,4,10-13H2,1-3H3,(H,20,24)(H,21,23). The highest BCUT2D eigenvalue weighted by molar-refractivity contribution is 5.78. The molecule has 1 heterocycles. The summed E-state index contributed by atoms with van der Waals surface area (Å²) < 4.78 is 4.90. The molecule has 2 rings (SSSR count). The van der Waals surface area contributed by atoms with E-state index in [-0.39, 0.29) is 18.5 Å². The molecule has 1 aromatic rings. The van der Waals surface area contributed by atoms with Gasteiger partial charge in [-0.3, -0.25) is 4.79 Å². The first-order chi connectivity index (χ1) is 12.4. The van der Waals surface area contributed by atoms with Crippen LogP contribution >= 0.6 is 0 Å². The van der Waals surface area contributed by atoms with E-state index in [4.69, 9.17) is 4.74 Å². The summed E-state index contributed by atoms with van der Waals surface area (Å²) in [6, 6.07) is 8.16. The number of likely N-dealkylation sites (tertiary alicyclic amines) is 1. The molecule has 3 N–H and O–H groups in total. The van der Waals surface area contributed by atoms with E-state index in [0.29, 0.717) is 19.5 Å². The van der Waals surface area contributed by atoms with E-state index in [1.54, 1.807) is 11.8 Å². The zero-order valence-electron chi connectivity index (χ0n) is 15.7. The second-order valence-corrected chi connectivity index (χ2v) is 6.87. The molecule has 1 aromatic carbocycles. The summed E-state index contributed by atoms with van der Waals surface area (Å²) in [5, 5.41) is 16.7. The third kappa shape index (κ3) is 4.74. The summed E-state index contributed by atoms with van der Waals surface area (Å²) in [6.45, 7) is 4.56. The van der Waals surface area contributed by atoms with E-state index in [2.05, 4.69) is 10.6 Å². The molecule has 3 atom stereocenters. The van der Waals surface area contributed by atoms with Crippen molar-refractivity contribution in [2.24, 2.45) is 0 Å². The number of piperidine rings is 1. The number of ether oxygens (including phenoxy) is 1. The SMILES string of the molecule is CCCNC(=O)N1CCC(C)(O)C(NC(=O)COC)C1c1ccccc1. The molecule has 3 amide bonds. The zero-order valence-corrected chi connectivity index (χ0v) is 15.7. The van der Waals surface area contributed by atoms with Gasteiger partial charge in [-0.05, 0) is 25.3 Å². The molecule has 0 aliphatic carbocycles. The Balaban J connectivity index is 2.37. The minimum Gasteiger partial charge on any atom is -0.388 e. The van der Waals surface area contributed by atoms with Gasteiger partial charge in [0, 0.05) is 20.2 Å². The summed E-state index contributed by atoms with van der Waals surface area (Å²) in [5.74, 6) is -0.325. The summed E-state index contributed by atoms with van der Waals surface area (Å²) in [4.78, 5) is 26.6. The highest BCUT2D eigenvalue weighted by Gasteiger charge is 2.47. The highest BCUT2D eigenvalue weighted by Crippen LogP contribution is 2.37. The molecule has 0 bridgehead atoms. The number of methoxy groups -OCH3 is 1. The fraction of sp³-hybridized carbons (Fsp3) is 0.579. The number of nitrogens with one attached hydrogen (secondary N) is 2. The largest absolute Gasteiger partial charge is 0.388 e. The topological polar surface area (TPSA) is 90.9 Å². The quantitative estimate of drug-likeness (QED) is 0.713. The number of hydrogen-bond donors (Lipinski definition) is 3. The third-order valence-corrected chi connectivity index (χ3v) is 4.70. The zero-order chi connectivity index (χ0) is 19.2. The molecular formula is C19H29N3O4. The van der Waals surface area contributed by atoms with Crippen LogP contribution in [0.15, 0.2) is 30.3 Å². The van der Waals surface area contributed by atoms with Gasteiger partial charge in [0.15, 0.2) is 0 Å². The van der Waals surface area contributed by atoms with Crippen molar-refractivity contribution in [3.8, 4) is 0 Å². The van der Waals surface area contributed by atoms with Crippen LogP contribution in [0.4, 0.5) is 4.79 Å². The number of urea groups is 1. The molecule has 26 heavy (non-hydrogen) atoms. The van der Waals surface area contributed by atoms with Crippen molar-refractivity contribution in [2.75, 3.05) is 26.8 Å². The monoisotopic (exact) mass is 363 g/mol. The van der Waals surface area contributed by atoms with Crippen LogP contribution in [0.5, 0.6) is 0 Å². The van der Waals surface area contributed by atoms with Gasteiger partial charge in [-0.15, -0.1) is 0 Å². The molecule has 0 aromatic heterocycles. The third-order valence-electron chi connectivity index (χ3n) is 4.70. The van der Waals surface area contributed by atoms with Gasteiger partial charge in [0.25, 0.3) is 0 Å². The first kappa shape index (κ1) is 20.2. The van der Waals surface area contributed by atoms with Gasteiger partial charge in [0.05, 0.1) is 17.7 Å². The molecule has 1 aliphatic heterocycles. The number of amides is 3. The van der Waals surface area contributed by atoms with Gasteiger partial charge in [-0.2, -0.15) is 0 Å². The Hall–Kier alpha value is -2.12. The summed E-state index contributed by atoms with van der Waals surface area (Å²) in [7, 11) is 1.44. The van der Waals surface area contributed by atoms with E-state index in [1.807, 2.05) is 37.3 Å². The number of aliphatic hydroxyl groups is 1. The number of benzene rings is 1. The second kappa shape index (κ2) is 9.00. The Morgan fingerprint density at radius 2 is 2.04 bits per heavy atom. The Bertz CT molecular complexity index is 606. The van der Waals surface area contributed by atoms with Crippen molar-refractivity contribution >= 4 is 11.9 Å². The Labute approximate surface area is 154 Å². The average molecular weight is 363 g/mol. The van der Waals surface area contributed by atoms with E-state index in [1.165, 1.54) is 7.11 Å². The fourth-order valence-corrected chi connectivity index (χ4v) is 3.33.